The van der Waals surface area contributed by atoms with Crippen LogP contribution in [0.15, 0.2) is 15.2 Å². The number of carbonyl (C=O) groups is 1. The Bertz CT molecular complexity index is 340. The van der Waals surface area contributed by atoms with Crippen LogP contribution in [0.1, 0.15) is 17.3 Å². The van der Waals surface area contributed by atoms with Crippen molar-refractivity contribution in [2.24, 2.45) is 0 Å². The van der Waals surface area contributed by atoms with Gasteiger partial charge in [0, 0.05) is 24.2 Å². The van der Waals surface area contributed by atoms with Crippen LogP contribution in [0.5, 0.6) is 0 Å². The summed E-state index contributed by atoms with van der Waals surface area (Å²) in [5.41, 5.74) is 0.766. The summed E-state index contributed by atoms with van der Waals surface area (Å²) in [4.78, 5) is 13.8. The van der Waals surface area contributed by atoms with E-state index in [0.29, 0.717) is 0 Å². The summed E-state index contributed by atoms with van der Waals surface area (Å²) >= 11 is 6.66. The highest BCUT2D eigenvalue weighted by Gasteiger charge is 2.17. The summed E-state index contributed by atoms with van der Waals surface area (Å²) in [7, 11) is 1.86. The second-order valence-electron chi connectivity index (χ2n) is 3.36. The zero-order chi connectivity index (χ0) is 11.4. The first-order valence-corrected chi connectivity index (χ1v) is 7.63. The second kappa shape index (κ2) is 5.92. The highest BCUT2D eigenvalue weighted by Crippen LogP contribution is 2.22. The van der Waals surface area contributed by atoms with Gasteiger partial charge in [-0.25, -0.2) is 0 Å². The number of rotatable bonds is 4. The van der Waals surface area contributed by atoms with E-state index in [0.717, 1.165) is 15.1 Å². The van der Waals surface area contributed by atoms with Crippen LogP contribution in [-0.4, -0.2) is 35.9 Å². The van der Waals surface area contributed by atoms with Crippen molar-refractivity contribution in [1.29, 1.82) is 0 Å². The molecule has 0 saturated heterocycles. The Kier molecular flexibility index (Phi) is 5.15. The third kappa shape index (κ3) is 3.50. The van der Waals surface area contributed by atoms with E-state index in [1.807, 2.05) is 18.5 Å². The molecular weight excluding hydrogens is 294 g/mol. The summed E-state index contributed by atoms with van der Waals surface area (Å²) in [5.74, 6) is 1.06. The van der Waals surface area contributed by atoms with E-state index in [-0.39, 0.29) is 11.9 Å². The molecule has 0 aliphatic rings. The minimum atomic E-state index is 0.0958. The largest absolute Gasteiger partial charge is 0.338 e. The van der Waals surface area contributed by atoms with E-state index in [1.165, 1.54) is 11.3 Å². The molecule has 0 aliphatic carbocycles. The SMILES string of the molecule is CSCC(C)N(C)C(=O)c1csc(Br)c1. The lowest BCUT2D eigenvalue weighted by atomic mass is 10.2. The van der Waals surface area contributed by atoms with Crippen LogP contribution in [0.3, 0.4) is 0 Å². The molecule has 0 aliphatic heterocycles. The van der Waals surface area contributed by atoms with Crippen molar-refractivity contribution in [3.63, 3.8) is 0 Å². The number of carbonyl (C=O) groups excluding carboxylic acids is 1. The minimum absolute atomic E-state index is 0.0958. The van der Waals surface area contributed by atoms with Crippen molar-refractivity contribution in [3.05, 3.63) is 20.8 Å². The number of nitrogens with zero attached hydrogens (tertiary/aromatic N) is 1. The summed E-state index contributed by atoms with van der Waals surface area (Å²) in [5, 5.41) is 1.88. The zero-order valence-electron chi connectivity index (χ0n) is 8.99. The van der Waals surface area contributed by atoms with E-state index in [2.05, 4.69) is 29.1 Å². The Balaban J connectivity index is 2.68. The molecule has 0 N–H and O–H groups in total. The second-order valence-corrected chi connectivity index (χ2v) is 6.56. The molecule has 2 nitrogen and oxygen atoms in total. The van der Waals surface area contributed by atoms with Crippen molar-refractivity contribution in [2.45, 2.75) is 13.0 Å². The van der Waals surface area contributed by atoms with Crippen LogP contribution >= 0.6 is 39.0 Å². The van der Waals surface area contributed by atoms with Gasteiger partial charge in [-0.3, -0.25) is 4.79 Å². The molecule has 0 spiro atoms. The van der Waals surface area contributed by atoms with Crippen LogP contribution in [-0.2, 0) is 0 Å². The third-order valence-corrected chi connectivity index (χ3v) is 4.52. The number of hydrogen-bond donors (Lipinski definition) is 0. The summed E-state index contributed by atoms with van der Waals surface area (Å²) in [6.45, 7) is 2.07. The molecule has 0 radical (unpaired) electrons. The van der Waals surface area contributed by atoms with Gasteiger partial charge in [0.05, 0.1) is 9.35 Å². The maximum Gasteiger partial charge on any atom is 0.254 e. The summed E-state index contributed by atoms with van der Waals surface area (Å²) in [6, 6.07) is 2.14. The smallest absolute Gasteiger partial charge is 0.254 e. The average Bonchev–Trinajstić information content (AvgIpc) is 2.63. The molecule has 1 heterocycles. The van der Waals surface area contributed by atoms with E-state index < -0.39 is 0 Å². The van der Waals surface area contributed by atoms with Crippen molar-refractivity contribution in [3.8, 4) is 0 Å². The molecule has 0 bridgehead atoms. The van der Waals surface area contributed by atoms with Gasteiger partial charge >= 0.3 is 0 Å². The minimum Gasteiger partial charge on any atom is -0.338 e. The lowest BCUT2D eigenvalue weighted by Crippen LogP contribution is -2.36. The van der Waals surface area contributed by atoms with E-state index in [9.17, 15) is 4.79 Å². The molecule has 84 valence electrons. The molecule has 15 heavy (non-hydrogen) atoms. The average molecular weight is 308 g/mol. The molecule has 0 saturated carbocycles. The van der Waals surface area contributed by atoms with Crippen LogP contribution in [0.2, 0.25) is 0 Å². The standard InChI is InChI=1S/C10H14BrNOS2/c1-7(5-14-3)12(2)10(13)8-4-9(11)15-6-8/h4,6-7H,5H2,1-3H3. The fraction of sp³-hybridized carbons (Fsp3) is 0.500. The maximum absolute atomic E-state index is 12.0. The maximum atomic E-state index is 12.0. The van der Waals surface area contributed by atoms with Gasteiger partial charge in [-0.2, -0.15) is 11.8 Å². The molecular formula is C10H14BrNOS2. The number of amides is 1. The van der Waals surface area contributed by atoms with Gasteiger partial charge in [0.2, 0.25) is 0 Å². The topological polar surface area (TPSA) is 20.3 Å². The highest BCUT2D eigenvalue weighted by atomic mass is 79.9. The van der Waals surface area contributed by atoms with Crippen LogP contribution in [0.4, 0.5) is 0 Å². The van der Waals surface area contributed by atoms with Gasteiger partial charge in [-0.15, -0.1) is 11.3 Å². The first-order chi connectivity index (χ1) is 7.06. The molecule has 1 aromatic rings. The van der Waals surface area contributed by atoms with Crippen molar-refractivity contribution < 1.29 is 4.79 Å². The lowest BCUT2D eigenvalue weighted by Gasteiger charge is -2.23. The number of thioether (sulfide) groups is 1. The molecule has 1 unspecified atom stereocenters. The predicted molar refractivity (Wildman–Crippen MR) is 72.0 cm³/mol. The highest BCUT2D eigenvalue weighted by molar-refractivity contribution is 9.11. The lowest BCUT2D eigenvalue weighted by molar-refractivity contribution is 0.0758. The predicted octanol–water partition coefficient (Wildman–Crippen LogP) is 3.33. The first-order valence-electron chi connectivity index (χ1n) is 4.56. The normalized spacial score (nSPS) is 12.5. The number of hydrogen-bond acceptors (Lipinski definition) is 3. The van der Waals surface area contributed by atoms with Crippen molar-refractivity contribution in [1.82, 2.24) is 4.90 Å². The summed E-state index contributed by atoms with van der Waals surface area (Å²) < 4.78 is 0.997. The monoisotopic (exact) mass is 307 g/mol. The third-order valence-electron chi connectivity index (χ3n) is 2.20. The molecule has 1 rings (SSSR count). The van der Waals surface area contributed by atoms with Gasteiger partial charge in [0.15, 0.2) is 0 Å². The number of halogens is 1. The van der Waals surface area contributed by atoms with E-state index in [1.54, 1.807) is 16.7 Å². The fourth-order valence-electron chi connectivity index (χ4n) is 1.18. The molecule has 1 atom stereocenters. The fourth-order valence-corrected chi connectivity index (χ4v) is 3.02. The Morgan fingerprint density at radius 1 is 1.73 bits per heavy atom. The quantitative estimate of drug-likeness (QED) is 0.850. The van der Waals surface area contributed by atoms with Gasteiger partial charge in [0.25, 0.3) is 5.91 Å². The zero-order valence-corrected chi connectivity index (χ0v) is 12.2. The Morgan fingerprint density at radius 3 is 2.87 bits per heavy atom. The molecule has 1 aromatic heterocycles. The molecule has 0 aromatic carbocycles. The summed E-state index contributed by atoms with van der Waals surface area (Å²) in [6.07, 6.45) is 2.05. The Morgan fingerprint density at radius 2 is 2.40 bits per heavy atom. The van der Waals surface area contributed by atoms with E-state index in [4.69, 9.17) is 0 Å². The van der Waals surface area contributed by atoms with Crippen molar-refractivity contribution >= 4 is 44.9 Å². The van der Waals surface area contributed by atoms with Crippen LogP contribution in [0, 0.1) is 0 Å². The van der Waals surface area contributed by atoms with Crippen LogP contribution in [0.25, 0.3) is 0 Å². The molecule has 1 amide bonds. The first kappa shape index (κ1) is 13.1. The van der Waals surface area contributed by atoms with Crippen LogP contribution < -0.4 is 0 Å². The van der Waals surface area contributed by atoms with Gasteiger partial charge in [-0.05, 0) is 35.2 Å². The van der Waals surface area contributed by atoms with Gasteiger partial charge < -0.3 is 4.90 Å². The molecule has 0 fully saturated rings. The van der Waals surface area contributed by atoms with Gasteiger partial charge in [-0.1, -0.05) is 0 Å². The van der Waals surface area contributed by atoms with E-state index >= 15 is 0 Å². The number of thiophene rings is 1. The Hall–Kier alpha value is -0.000000000000000111. The molecule has 5 heteroatoms. The van der Waals surface area contributed by atoms with Crippen molar-refractivity contribution in [2.75, 3.05) is 19.1 Å². The van der Waals surface area contributed by atoms with Gasteiger partial charge in [0.1, 0.15) is 0 Å². The Labute approximate surface area is 107 Å².